The maximum Gasteiger partial charge on any atom is 0.163 e. The Balaban J connectivity index is 2.10. The summed E-state index contributed by atoms with van der Waals surface area (Å²) in [6, 6.07) is 2.01. The Hall–Kier alpha value is -0.760. The molecule has 0 saturated heterocycles. The van der Waals surface area contributed by atoms with Crippen molar-refractivity contribution in [3.05, 3.63) is 32.2 Å². The van der Waals surface area contributed by atoms with Crippen molar-refractivity contribution in [2.75, 3.05) is 12.4 Å². The van der Waals surface area contributed by atoms with Gasteiger partial charge in [0, 0.05) is 35.4 Å². The van der Waals surface area contributed by atoms with Crippen molar-refractivity contribution < 1.29 is 0 Å². The van der Waals surface area contributed by atoms with Gasteiger partial charge in [0.1, 0.15) is 5.82 Å². The van der Waals surface area contributed by atoms with E-state index in [-0.39, 0.29) is 0 Å². The van der Waals surface area contributed by atoms with Gasteiger partial charge in [0.25, 0.3) is 0 Å². The van der Waals surface area contributed by atoms with Gasteiger partial charge in [-0.2, -0.15) is 0 Å². The summed E-state index contributed by atoms with van der Waals surface area (Å²) in [5, 5.41) is 3.19. The zero-order valence-corrected chi connectivity index (χ0v) is 15.5. The van der Waals surface area contributed by atoms with E-state index >= 15 is 0 Å². The van der Waals surface area contributed by atoms with Crippen molar-refractivity contribution in [3.8, 4) is 11.4 Å². The molecular weight excluding hydrogens is 443 g/mol. The van der Waals surface area contributed by atoms with Crippen LogP contribution in [0, 0.1) is 3.57 Å². The minimum Gasteiger partial charge on any atom is -0.372 e. The Morgan fingerprint density at radius 1 is 1.24 bits per heavy atom. The lowest BCUT2D eigenvalue weighted by atomic mass is 10.0. The monoisotopic (exact) mass is 458 g/mol. The molecule has 0 spiro atoms. The van der Waals surface area contributed by atoms with Crippen LogP contribution in [0.5, 0.6) is 0 Å². The predicted octanol–water partition coefficient (Wildman–Crippen LogP) is 4.61. The first-order chi connectivity index (χ1) is 10.2. The van der Waals surface area contributed by atoms with Gasteiger partial charge in [0.05, 0.1) is 9.26 Å². The van der Waals surface area contributed by atoms with E-state index in [0.717, 1.165) is 25.2 Å². The van der Waals surface area contributed by atoms with Gasteiger partial charge in [-0.25, -0.2) is 9.97 Å². The third kappa shape index (κ3) is 3.21. The molecule has 0 radical (unpaired) electrons. The van der Waals surface area contributed by atoms with Crippen molar-refractivity contribution in [2.24, 2.45) is 0 Å². The van der Waals surface area contributed by atoms with Gasteiger partial charge in [0.15, 0.2) is 5.82 Å². The second-order valence-electron chi connectivity index (χ2n) is 5.22. The van der Waals surface area contributed by atoms with Gasteiger partial charge >= 0.3 is 0 Å². The van der Waals surface area contributed by atoms with Crippen LogP contribution in [0.3, 0.4) is 0 Å². The third-order valence-corrected chi connectivity index (χ3v) is 5.32. The first-order valence-electron chi connectivity index (χ1n) is 7.05. The van der Waals surface area contributed by atoms with Gasteiger partial charge in [-0.15, -0.1) is 0 Å². The fraction of sp³-hybridized carbons (Fsp3) is 0.400. The summed E-state index contributed by atoms with van der Waals surface area (Å²) < 4.78 is 2.09. The molecule has 0 atom stereocenters. The Morgan fingerprint density at radius 3 is 2.67 bits per heavy atom. The normalized spacial score (nSPS) is 15.4. The van der Waals surface area contributed by atoms with Crippen molar-refractivity contribution in [2.45, 2.75) is 31.6 Å². The molecule has 1 aliphatic rings. The lowest BCUT2D eigenvalue weighted by Gasteiger charge is -2.15. The summed E-state index contributed by atoms with van der Waals surface area (Å²) in [5.74, 6) is 2.21. The molecule has 110 valence electrons. The number of nitrogens with one attached hydrogen (secondary N) is 1. The average molecular weight is 459 g/mol. The highest BCUT2D eigenvalue weighted by Gasteiger charge is 2.24. The van der Waals surface area contributed by atoms with Crippen LogP contribution in [0.25, 0.3) is 11.4 Å². The molecule has 6 heteroatoms. The van der Waals surface area contributed by atoms with Crippen LogP contribution in [0.15, 0.2) is 22.9 Å². The first-order valence-corrected chi connectivity index (χ1v) is 8.92. The molecule has 2 heterocycles. The first kappa shape index (κ1) is 15.1. The van der Waals surface area contributed by atoms with Crippen molar-refractivity contribution in [1.29, 1.82) is 0 Å². The van der Waals surface area contributed by atoms with Crippen LogP contribution < -0.4 is 5.32 Å². The second kappa shape index (κ2) is 6.56. The van der Waals surface area contributed by atoms with Crippen molar-refractivity contribution in [3.63, 3.8) is 0 Å². The lowest BCUT2D eigenvalue weighted by molar-refractivity contribution is 0.691. The lowest BCUT2D eigenvalue weighted by Crippen LogP contribution is -2.08. The summed E-state index contributed by atoms with van der Waals surface area (Å²) in [4.78, 5) is 13.7. The Morgan fingerprint density at radius 2 is 2.00 bits per heavy atom. The highest BCUT2D eigenvalue weighted by molar-refractivity contribution is 14.1. The van der Waals surface area contributed by atoms with Gasteiger partial charge in [-0.1, -0.05) is 12.8 Å². The van der Waals surface area contributed by atoms with E-state index in [0.29, 0.717) is 5.92 Å². The Labute approximate surface area is 146 Å². The van der Waals surface area contributed by atoms with E-state index in [9.17, 15) is 0 Å². The van der Waals surface area contributed by atoms with Gasteiger partial charge in [-0.05, 0) is 57.4 Å². The topological polar surface area (TPSA) is 50.7 Å². The third-order valence-electron chi connectivity index (χ3n) is 3.82. The molecule has 1 N–H and O–H groups in total. The highest BCUT2D eigenvalue weighted by atomic mass is 127. The summed E-state index contributed by atoms with van der Waals surface area (Å²) >= 11 is 5.82. The summed E-state index contributed by atoms with van der Waals surface area (Å²) in [5.41, 5.74) is 2.12. The number of aromatic nitrogens is 3. The van der Waals surface area contributed by atoms with Crippen LogP contribution in [0.4, 0.5) is 5.82 Å². The number of halogens is 2. The Kier molecular flexibility index (Phi) is 4.73. The van der Waals surface area contributed by atoms with E-state index in [2.05, 4.69) is 53.8 Å². The SMILES string of the molecule is CNc1nc(-c2cncc(Br)c2)nc(C2CCCC2)c1I. The van der Waals surface area contributed by atoms with Gasteiger partial charge < -0.3 is 5.32 Å². The molecule has 21 heavy (non-hydrogen) atoms. The fourth-order valence-corrected chi connectivity index (χ4v) is 4.08. The zero-order valence-electron chi connectivity index (χ0n) is 11.7. The molecule has 2 aromatic heterocycles. The molecule has 0 amide bonds. The predicted molar refractivity (Wildman–Crippen MR) is 96.4 cm³/mol. The molecule has 2 aromatic rings. The Bertz CT molecular complexity index is 656. The maximum atomic E-state index is 4.85. The molecule has 0 bridgehead atoms. The van der Waals surface area contributed by atoms with E-state index in [1.165, 1.54) is 31.4 Å². The van der Waals surface area contributed by atoms with Gasteiger partial charge in [0.2, 0.25) is 0 Å². The standard InChI is InChI=1S/C15H16BrIN4/c1-18-15-12(17)13(9-4-2-3-5-9)20-14(21-15)10-6-11(16)8-19-7-10/h6-9H,2-5H2,1H3,(H,18,20,21). The average Bonchev–Trinajstić information content (AvgIpc) is 3.01. The summed E-state index contributed by atoms with van der Waals surface area (Å²) in [6.07, 6.45) is 8.64. The van der Waals surface area contributed by atoms with E-state index in [1.54, 1.807) is 6.20 Å². The smallest absolute Gasteiger partial charge is 0.163 e. The molecule has 0 aliphatic heterocycles. The molecule has 4 nitrogen and oxygen atoms in total. The number of anilines is 1. The van der Waals surface area contributed by atoms with Crippen LogP contribution in [0.1, 0.15) is 37.3 Å². The van der Waals surface area contributed by atoms with Crippen LogP contribution in [-0.4, -0.2) is 22.0 Å². The van der Waals surface area contributed by atoms with Crippen LogP contribution in [0.2, 0.25) is 0 Å². The van der Waals surface area contributed by atoms with Crippen LogP contribution >= 0.6 is 38.5 Å². The molecule has 1 aliphatic carbocycles. The number of rotatable bonds is 3. The number of hydrogen-bond acceptors (Lipinski definition) is 4. The minimum absolute atomic E-state index is 0.561. The molecule has 1 fully saturated rings. The largest absolute Gasteiger partial charge is 0.372 e. The molecular formula is C15H16BrIN4. The minimum atomic E-state index is 0.561. The maximum absolute atomic E-state index is 4.85. The van der Waals surface area contributed by atoms with E-state index in [4.69, 9.17) is 4.98 Å². The molecule has 3 rings (SSSR count). The summed E-state index contributed by atoms with van der Waals surface area (Å²) in [7, 11) is 1.91. The molecule has 0 aromatic carbocycles. The van der Waals surface area contributed by atoms with Gasteiger partial charge in [-0.3, -0.25) is 4.98 Å². The van der Waals surface area contributed by atoms with Crippen LogP contribution in [-0.2, 0) is 0 Å². The highest BCUT2D eigenvalue weighted by Crippen LogP contribution is 2.37. The summed E-state index contributed by atoms with van der Waals surface area (Å²) in [6.45, 7) is 0. The van der Waals surface area contributed by atoms with E-state index in [1.807, 2.05) is 19.3 Å². The molecule has 1 saturated carbocycles. The zero-order chi connectivity index (χ0) is 14.8. The van der Waals surface area contributed by atoms with E-state index < -0.39 is 0 Å². The molecule has 0 unspecified atom stereocenters. The fourth-order valence-electron chi connectivity index (χ4n) is 2.76. The number of nitrogens with zero attached hydrogens (tertiary/aromatic N) is 3. The second-order valence-corrected chi connectivity index (χ2v) is 7.21. The number of pyridine rings is 1. The number of hydrogen-bond donors (Lipinski definition) is 1. The quantitative estimate of drug-likeness (QED) is 0.682. The van der Waals surface area contributed by atoms with Crippen molar-refractivity contribution in [1.82, 2.24) is 15.0 Å². The van der Waals surface area contributed by atoms with Crippen molar-refractivity contribution >= 4 is 44.3 Å².